The summed E-state index contributed by atoms with van der Waals surface area (Å²) in [4.78, 5) is 27.4. The van der Waals surface area contributed by atoms with E-state index < -0.39 is 34.4 Å². The number of amides is 1. The van der Waals surface area contributed by atoms with Crippen molar-refractivity contribution in [1.29, 1.82) is 0 Å². The summed E-state index contributed by atoms with van der Waals surface area (Å²) in [6.07, 6.45) is -3.85. The molecular weight excluding hydrogens is 587 g/mol. The normalized spacial score (nSPS) is 15.2. The number of nitrogens with two attached hydrogens (primary N) is 1. The molecule has 0 spiro atoms. The molecule has 1 amide bonds. The molecule has 2 N–H and O–H groups in total. The van der Waals surface area contributed by atoms with Crippen LogP contribution in [-0.2, 0) is 27.4 Å². The molecule has 6 rings (SSSR count). The summed E-state index contributed by atoms with van der Waals surface area (Å²) < 4.78 is 70.3. The standard InChI is InChI=1S/C29H22F3N5O5S/c30-29(31,32)26-13-24(37(34-26)19-6-8-25-22(12-19)27(33)35-42-25)28(39)36-10-9-17(14-38)21-11-16(5-7-23(21)36)20-4-2-1-3-18(20)15-43(40)41/h1-8,11-14,17,43H,9-10,15H2,(H2,33,35). The lowest BCUT2D eigenvalue weighted by Crippen LogP contribution is -2.38. The van der Waals surface area contributed by atoms with E-state index in [1.54, 1.807) is 42.5 Å². The van der Waals surface area contributed by atoms with E-state index in [1.165, 1.54) is 23.1 Å². The predicted octanol–water partition coefficient (Wildman–Crippen LogP) is 4.73. The third-order valence-electron chi connectivity index (χ3n) is 7.36. The minimum Gasteiger partial charge on any atom is -0.380 e. The van der Waals surface area contributed by atoms with Gasteiger partial charge in [0, 0.05) is 24.2 Å². The zero-order valence-electron chi connectivity index (χ0n) is 22.1. The largest absolute Gasteiger partial charge is 0.435 e. The third-order valence-corrected chi connectivity index (χ3v) is 7.96. The van der Waals surface area contributed by atoms with Crippen LogP contribution in [0.25, 0.3) is 27.8 Å². The van der Waals surface area contributed by atoms with Gasteiger partial charge in [0.25, 0.3) is 5.91 Å². The molecule has 2 aromatic heterocycles. The highest BCUT2D eigenvalue weighted by molar-refractivity contribution is 7.71. The lowest BCUT2D eigenvalue weighted by Gasteiger charge is -2.33. The second-order valence-electron chi connectivity index (χ2n) is 9.98. The summed E-state index contributed by atoms with van der Waals surface area (Å²) in [5.41, 5.74) is 7.35. The van der Waals surface area contributed by atoms with E-state index in [4.69, 9.17) is 10.3 Å². The number of anilines is 2. The van der Waals surface area contributed by atoms with Crippen LogP contribution >= 0.6 is 0 Å². The number of carbonyl (C=O) groups is 2. The average Bonchev–Trinajstić information content (AvgIpc) is 3.60. The van der Waals surface area contributed by atoms with Crippen LogP contribution in [-0.4, -0.2) is 42.1 Å². The fourth-order valence-electron chi connectivity index (χ4n) is 5.32. The molecular formula is C29H22F3N5O5S. The van der Waals surface area contributed by atoms with Crippen LogP contribution in [0.3, 0.4) is 0 Å². The molecule has 3 heterocycles. The first-order valence-electron chi connectivity index (χ1n) is 13.0. The Morgan fingerprint density at radius 1 is 1.09 bits per heavy atom. The molecule has 0 saturated carbocycles. The highest BCUT2D eigenvalue weighted by atomic mass is 32.2. The first-order chi connectivity index (χ1) is 20.5. The summed E-state index contributed by atoms with van der Waals surface area (Å²) in [6.45, 7) is 0.0615. The van der Waals surface area contributed by atoms with Crippen LogP contribution in [0.2, 0.25) is 0 Å². The number of alkyl halides is 3. The maximum absolute atomic E-state index is 14.0. The maximum Gasteiger partial charge on any atom is 0.435 e. The molecule has 0 fully saturated rings. The van der Waals surface area contributed by atoms with Gasteiger partial charge in [-0.1, -0.05) is 35.5 Å². The van der Waals surface area contributed by atoms with Crippen molar-refractivity contribution >= 4 is 45.4 Å². The smallest absolute Gasteiger partial charge is 0.380 e. The number of carbonyl (C=O) groups excluding carboxylic acids is 2. The molecule has 10 nitrogen and oxygen atoms in total. The van der Waals surface area contributed by atoms with E-state index in [2.05, 4.69) is 10.3 Å². The molecule has 0 saturated heterocycles. The van der Waals surface area contributed by atoms with Gasteiger partial charge in [-0.15, -0.1) is 0 Å². The van der Waals surface area contributed by atoms with Crippen molar-refractivity contribution in [3.8, 4) is 16.8 Å². The fraction of sp³-hybridized carbons (Fsp3) is 0.172. The molecule has 0 aliphatic carbocycles. The molecule has 5 aromatic rings. The van der Waals surface area contributed by atoms with Crippen LogP contribution in [0.5, 0.6) is 0 Å². The summed E-state index contributed by atoms with van der Waals surface area (Å²) in [7, 11) is -2.70. The summed E-state index contributed by atoms with van der Waals surface area (Å²) in [5, 5.41) is 7.70. The van der Waals surface area contributed by atoms with E-state index in [-0.39, 0.29) is 35.9 Å². The Morgan fingerprint density at radius 3 is 2.63 bits per heavy atom. The van der Waals surface area contributed by atoms with Crippen LogP contribution < -0.4 is 10.6 Å². The Kier molecular flexibility index (Phi) is 7.00. The third kappa shape index (κ3) is 5.14. The summed E-state index contributed by atoms with van der Waals surface area (Å²) >= 11 is 0. The number of halogens is 3. The van der Waals surface area contributed by atoms with Crippen LogP contribution in [0.4, 0.5) is 24.7 Å². The van der Waals surface area contributed by atoms with Gasteiger partial charge in [0.15, 0.2) is 17.1 Å². The van der Waals surface area contributed by atoms with Gasteiger partial charge in [-0.3, -0.25) is 4.79 Å². The van der Waals surface area contributed by atoms with Crippen molar-refractivity contribution in [1.82, 2.24) is 14.9 Å². The molecule has 0 bridgehead atoms. The van der Waals surface area contributed by atoms with Crippen molar-refractivity contribution in [2.75, 3.05) is 17.2 Å². The Bertz CT molecular complexity index is 1970. The number of fused-ring (bicyclic) bond motifs is 2. The molecule has 1 unspecified atom stereocenters. The Balaban J connectivity index is 1.45. The Morgan fingerprint density at radius 2 is 1.88 bits per heavy atom. The number of hydrogen-bond donors (Lipinski definition) is 2. The van der Waals surface area contributed by atoms with Gasteiger partial charge in [0.2, 0.25) is 0 Å². The van der Waals surface area contributed by atoms with Crippen molar-refractivity contribution in [2.45, 2.75) is 24.3 Å². The fourth-order valence-corrected chi connectivity index (χ4v) is 5.88. The second-order valence-corrected chi connectivity index (χ2v) is 11.0. The minimum atomic E-state index is -4.83. The minimum absolute atomic E-state index is 0.0253. The number of benzene rings is 3. The molecule has 0 radical (unpaired) electrons. The van der Waals surface area contributed by atoms with Crippen LogP contribution in [0.1, 0.15) is 39.6 Å². The van der Waals surface area contributed by atoms with Crippen LogP contribution in [0.15, 0.2) is 71.3 Å². The zero-order valence-corrected chi connectivity index (χ0v) is 23.0. The molecule has 1 aliphatic rings. The van der Waals surface area contributed by atoms with Gasteiger partial charge < -0.3 is 20.0 Å². The number of thiol groups is 1. The second kappa shape index (κ2) is 10.7. The van der Waals surface area contributed by atoms with Crippen molar-refractivity contribution in [3.63, 3.8) is 0 Å². The van der Waals surface area contributed by atoms with E-state index in [0.29, 0.717) is 45.0 Å². The van der Waals surface area contributed by atoms with Gasteiger partial charge in [0.1, 0.15) is 22.7 Å². The highest BCUT2D eigenvalue weighted by Crippen LogP contribution is 2.39. The van der Waals surface area contributed by atoms with Gasteiger partial charge in [-0.25, -0.2) is 13.1 Å². The van der Waals surface area contributed by atoms with Crippen LogP contribution in [0, 0.1) is 0 Å². The number of nitrogens with zero attached hydrogens (tertiary/aromatic N) is 4. The van der Waals surface area contributed by atoms with Crippen molar-refractivity contribution in [2.24, 2.45) is 0 Å². The molecule has 3 aromatic carbocycles. The number of aromatic nitrogens is 3. The predicted molar refractivity (Wildman–Crippen MR) is 152 cm³/mol. The lowest BCUT2D eigenvalue weighted by molar-refractivity contribution is -0.141. The van der Waals surface area contributed by atoms with Crippen molar-refractivity contribution < 1.29 is 35.7 Å². The maximum atomic E-state index is 14.0. The average molecular weight is 610 g/mol. The number of hydrogen-bond acceptors (Lipinski definition) is 8. The first kappa shape index (κ1) is 28.2. The van der Waals surface area contributed by atoms with Gasteiger partial charge in [-0.05, 0) is 59.0 Å². The Hall–Kier alpha value is -4.98. The molecule has 14 heteroatoms. The SMILES string of the molecule is Nc1noc2ccc(-n3nc(C(F)(F)F)cc3C(=O)N3CCC(C=O)c4cc(-c5ccccc5C[SH](=O)=O)ccc43)cc12. The highest BCUT2D eigenvalue weighted by Gasteiger charge is 2.38. The van der Waals surface area contributed by atoms with Gasteiger partial charge in [0.05, 0.1) is 16.8 Å². The zero-order chi connectivity index (χ0) is 30.5. The van der Waals surface area contributed by atoms with Gasteiger partial charge in [-0.2, -0.15) is 18.3 Å². The lowest BCUT2D eigenvalue weighted by atomic mass is 9.87. The Labute approximate surface area is 243 Å². The van der Waals surface area contributed by atoms with E-state index >= 15 is 0 Å². The first-order valence-corrected chi connectivity index (χ1v) is 14.3. The number of rotatable bonds is 6. The van der Waals surface area contributed by atoms with Gasteiger partial charge >= 0.3 is 6.18 Å². The number of nitrogen functional groups attached to an aromatic ring is 1. The quantitative estimate of drug-likeness (QED) is 0.208. The molecule has 1 aliphatic heterocycles. The molecule has 1 atom stereocenters. The summed E-state index contributed by atoms with van der Waals surface area (Å²) in [6, 6.07) is 16.9. The molecule has 220 valence electrons. The van der Waals surface area contributed by atoms with Crippen molar-refractivity contribution in [3.05, 3.63) is 89.2 Å². The molecule has 43 heavy (non-hydrogen) atoms. The van der Waals surface area contributed by atoms with E-state index in [0.717, 1.165) is 11.0 Å². The van der Waals surface area contributed by atoms with E-state index in [1.807, 2.05) is 0 Å². The monoisotopic (exact) mass is 609 g/mol. The van der Waals surface area contributed by atoms with E-state index in [9.17, 15) is 31.2 Å². The topological polar surface area (TPSA) is 141 Å². The summed E-state index contributed by atoms with van der Waals surface area (Å²) in [5.74, 6) is -1.50. The number of aldehydes is 1.